The summed E-state index contributed by atoms with van der Waals surface area (Å²) in [4.78, 5) is 8.60. The molecule has 1 heterocycles. The van der Waals surface area contributed by atoms with Gasteiger partial charge in [-0.1, -0.05) is 25.5 Å². The van der Waals surface area contributed by atoms with Gasteiger partial charge in [0.25, 0.3) is 0 Å². The van der Waals surface area contributed by atoms with Gasteiger partial charge in [-0.3, -0.25) is 0 Å². The van der Waals surface area contributed by atoms with E-state index in [4.69, 9.17) is 4.74 Å². The van der Waals surface area contributed by atoms with Crippen LogP contribution in [0.5, 0.6) is 11.6 Å². The second-order valence-electron chi connectivity index (χ2n) is 4.66. The van der Waals surface area contributed by atoms with E-state index in [1.165, 1.54) is 5.56 Å². The molecule has 0 bridgehead atoms. The van der Waals surface area contributed by atoms with Crippen LogP contribution in [-0.4, -0.2) is 16.5 Å². The number of hydrogen-bond donors (Lipinski definition) is 1. The first-order chi connectivity index (χ1) is 9.71. The number of aromatic nitrogens is 2. The first-order valence-corrected chi connectivity index (χ1v) is 7.07. The highest BCUT2D eigenvalue weighted by Crippen LogP contribution is 2.22. The number of benzene rings is 1. The highest BCUT2D eigenvalue weighted by molar-refractivity contribution is 5.40. The van der Waals surface area contributed by atoms with Crippen molar-refractivity contribution in [3.63, 3.8) is 0 Å². The van der Waals surface area contributed by atoms with Gasteiger partial charge < -0.3 is 10.1 Å². The Bertz CT molecular complexity index is 552. The fourth-order valence-corrected chi connectivity index (χ4v) is 2.00. The zero-order valence-electron chi connectivity index (χ0n) is 12.3. The molecule has 0 aliphatic rings. The summed E-state index contributed by atoms with van der Waals surface area (Å²) in [6.07, 6.45) is 2.24. The molecule has 20 heavy (non-hydrogen) atoms. The largest absolute Gasteiger partial charge is 0.439 e. The van der Waals surface area contributed by atoms with Crippen LogP contribution < -0.4 is 10.1 Å². The van der Waals surface area contributed by atoms with Crippen LogP contribution in [0.3, 0.4) is 0 Å². The van der Waals surface area contributed by atoms with Crippen molar-refractivity contribution in [3.8, 4) is 11.6 Å². The monoisotopic (exact) mass is 271 g/mol. The number of hydrogen-bond acceptors (Lipinski definition) is 4. The van der Waals surface area contributed by atoms with E-state index in [2.05, 4.69) is 34.3 Å². The topological polar surface area (TPSA) is 47.0 Å². The van der Waals surface area contributed by atoms with Crippen molar-refractivity contribution in [1.29, 1.82) is 0 Å². The summed E-state index contributed by atoms with van der Waals surface area (Å²) in [6, 6.07) is 9.97. The first kappa shape index (κ1) is 14.3. The molecular weight excluding hydrogens is 250 g/mol. The minimum absolute atomic E-state index is 0.566. The van der Waals surface area contributed by atoms with Gasteiger partial charge in [0.15, 0.2) is 0 Å². The van der Waals surface area contributed by atoms with Crippen molar-refractivity contribution >= 4 is 5.82 Å². The van der Waals surface area contributed by atoms with Gasteiger partial charge in [0.2, 0.25) is 5.88 Å². The van der Waals surface area contributed by atoms with Crippen LogP contribution in [0, 0.1) is 6.92 Å². The lowest BCUT2D eigenvalue weighted by molar-refractivity contribution is 0.460. The van der Waals surface area contributed by atoms with Crippen LogP contribution >= 0.6 is 0 Å². The molecule has 0 unspecified atom stereocenters. The first-order valence-electron chi connectivity index (χ1n) is 7.07. The average Bonchev–Trinajstić information content (AvgIpc) is 2.41. The van der Waals surface area contributed by atoms with Crippen LogP contribution in [0.15, 0.2) is 30.3 Å². The van der Waals surface area contributed by atoms with Gasteiger partial charge in [-0.15, -0.1) is 0 Å². The molecule has 4 heteroatoms. The van der Waals surface area contributed by atoms with Crippen molar-refractivity contribution in [1.82, 2.24) is 9.97 Å². The minimum Gasteiger partial charge on any atom is -0.439 e. The van der Waals surface area contributed by atoms with Gasteiger partial charge in [-0.25, -0.2) is 4.98 Å². The van der Waals surface area contributed by atoms with Crippen LogP contribution in [0.25, 0.3) is 0 Å². The molecule has 1 aromatic carbocycles. The van der Waals surface area contributed by atoms with E-state index in [0.717, 1.165) is 31.0 Å². The molecule has 2 rings (SSSR count). The van der Waals surface area contributed by atoms with Gasteiger partial charge in [-0.2, -0.15) is 4.98 Å². The highest BCUT2D eigenvalue weighted by Gasteiger charge is 2.04. The SMILES string of the molecule is CCCc1ccc(Oc2cc(NCC)nc(C)n2)cc1. The number of anilines is 1. The van der Waals surface area contributed by atoms with Gasteiger partial charge in [-0.05, 0) is 38.0 Å². The lowest BCUT2D eigenvalue weighted by Crippen LogP contribution is -2.02. The molecule has 1 N–H and O–H groups in total. The van der Waals surface area contributed by atoms with Crippen molar-refractivity contribution in [2.24, 2.45) is 0 Å². The molecule has 0 atom stereocenters. The third-order valence-corrected chi connectivity index (χ3v) is 2.86. The second kappa shape index (κ2) is 6.89. The zero-order valence-corrected chi connectivity index (χ0v) is 12.3. The molecule has 0 amide bonds. The highest BCUT2D eigenvalue weighted by atomic mass is 16.5. The van der Waals surface area contributed by atoms with Gasteiger partial charge in [0.1, 0.15) is 17.4 Å². The van der Waals surface area contributed by atoms with E-state index in [1.807, 2.05) is 32.0 Å². The van der Waals surface area contributed by atoms with E-state index in [0.29, 0.717) is 11.7 Å². The van der Waals surface area contributed by atoms with E-state index < -0.39 is 0 Å². The number of nitrogens with zero attached hydrogens (tertiary/aromatic N) is 2. The van der Waals surface area contributed by atoms with Crippen molar-refractivity contribution < 1.29 is 4.74 Å². The Morgan fingerprint density at radius 3 is 2.50 bits per heavy atom. The maximum atomic E-state index is 5.79. The van der Waals surface area contributed by atoms with E-state index in [9.17, 15) is 0 Å². The summed E-state index contributed by atoms with van der Waals surface area (Å²) in [5.74, 6) is 2.85. The summed E-state index contributed by atoms with van der Waals surface area (Å²) in [5.41, 5.74) is 1.33. The normalized spacial score (nSPS) is 10.3. The molecule has 2 aromatic rings. The van der Waals surface area contributed by atoms with Crippen molar-refractivity contribution in [2.45, 2.75) is 33.6 Å². The Balaban J connectivity index is 2.12. The quantitative estimate of drug-likeness (QED) is 0.863. The molecule has 0 aliphatic heterocycles. The number of ether oxygens (including phenoxy) is 1. The Morgan fingerprint density at radius 2 is 1.85 bits per heavy atom. The average molecular weight is 271 g/mol. The van der Waals surface area contributed by atoms with E-state index >= 15 is 0 Å². The predicted octanol–water partition coefficient (Wildman–Crippen LogP) is 3.96. The molecular formula is C16H21N3O. The smallest absolute Gasteiger partial charge is 0.224 e. The van der Waals surface area contributed by atoms with Gasteiger partial charge >= 0.3 is 0 Å². The Hall–Kier alpha value is -2.10. The summed E-state index contributed by atoms with van der Waals surface area (Å²) in [5, 5.41) is 3.17. The Morgan fingerprint density at radius 1 is 1.10 bits per heavy atom. The Labute approximate surface area is 120 Å². The van der Waals surface area contributed by atoms with Gasteiger partial charge in [0.05, 0.1) is 0 Å². The van der Waals surface area contributed by atoms with E-state index in [-0.39, 0.29) is 0 Å². The van der Waals surface area contributed by atoms with E-state index in [1.54, 1.807) is 0 Å². The minimum atomic E-state index is 0.566. The molecule has 0 saturated heterocycles. The summed E-state index contributed by atoms with van der Waals surface area (Å²) < 4.78 is 5.79. The standard InChI is InChI=1S/C16H21N3O/c1-4-6-13-7-9-14(10-8-13)20-16-11-15(17-5-2)18-12(3)19-16/h7-11H,4-6H2,1-3H3,(H,17,18,19). The van der Waals surface area contributed by atoms with Crippen LogP contribution in [0.1, 0.15) is 31.7 Å². The molecule has 4 nitrogen and oxygen atoms in total. The number of aryl methyl sites for hydroxylation is 2. The molecule has 0 radical (unpaired) electrons. The maximum absolute atomic E-state index is 5.79. The van der Waals surface area contributed by atoms with Gasteiger partial charge in [0, 0.05) is 12.6 Å². The Kier molecular flexibility index (Phi) is 4.93. The summed E-state index contributed by atoms with van der Waals surface area (Å²) in [6.45, 7) is 6.89. The van der Waals surface area contributed by atoms with Crippen molar-refractivity contribution in [3.05, 3.63) is 41.7 Å². The third-order valence-electron chi connectivity index (χ3n) is 2.86. The molecule has 106 valence electrons. The number of rotatable bonds is 6. The summed E-state index contributed by atoms with van der Waals surface area (Å²) >= 11 is 0. The fraction of sp³-hybridized carbons (Fsp3) is 0.375. The maximum Gasteiger partial charge on any atom is 0.224 e. The zero-order chi connectivity index (χ0) is 14.4. The fourth-order valence-electron chi connectivity index (χ4n) is 2.00. The van der Waals surface area contributed by atoms with Crippen LogP contribution in [0.2, 0.25) is 0 Å². The second-order valence-corrected chi connectivity index (χ2v) is 4.66. The molecule has 0 spiro atoms. The van der Waals surface area contributed by atoms with Crippen LogP contribution in [-0.2, 0) is 6.42 Å². The molecule has 0 aliphatic carbocycles. The lowest BCUT2D eigenvalue weighted by atomic mass is 10.1. The van der Waals surface area contributed by atoms with Crippen molar-refractivity contribution in [2.75, 3.05) is 11.9 Å². The molecule has 0 saturated carbocycles. The molecule has 0 fully saturated rings. The van der Waals surface area contributed by atoms with Crippen LogP contribution in [0.4, 0.5) is 5.82 Å². The molecule has 1 aromatic heterocycles. The number of nitrogens with one attached hydrogen (secondary N) is 1. The predicted molar refractivity (Wildman–Crippen MR) is 81.4 cm³/mol. The third kappa shape index (κ3) is 3.95. The lowest BCUT2D eigenvalue weighted by Gasteiger charge is -2.09. The summed E-state index contributed by atoms with van der Waals surface area (Å²) in [7, 11) is 0.